The number of carbonyl (C=O) groups is 1. The largest absolute Gasteiger partial charge is 0.497 e. The fraction of sp³-hybridized carbons (Fsp3) is 0.192. The average Bonchev–Trinajstić information content (AvgIpc) is 3.31. The number of ether oxygens (including phenoxy) is 1. The van der Waals surface area contributed by atoms with Gasteiger partial charge in [-0.05, 0) is 41.8 Å². The molecule has 1 aromatic heterocycles. The van der Waals surface area contributed by atoms with Gasteiger partial charge in [-0.2, -0.15) is 0 Å². The SMILES string of the molecule is COc1ccc(C(=O)NCc2nnc(SCc3ccc([N+](=O)[O-])cc3)n2CCc2ccccc2)cc1. The summed E-state index contributed by atoms with van der Waals surface area (Å²) < 4.78 is 7.16. The van der Waals surface area contributed by atoms with Crippen LogP contribution in [0.5, 0.6) is 5.75 Å². The first kappa shape index (κ1) is 24.9. The standard InChI is InChI=1S/C26H25N5O4S/c1-35-23-13-9-21(10-14-23)25(32)27-17-24-28-29-26(30(24)16-15-19-5-3-2-4-6-19)36-18-20-7-11-22(12-8-20)31(33)34/h2-14H,15-18H2,1H3,(H,27,32). The first-order valence-electron chi connectivity index (χ1n) is 11.3. The van der Waals surface area contributed by atoms with Crippen molar-refractivity contribution in [2.75, 3.05) is 7.11 Å². The molecule has 1 N–H and O–H groups in total. The van der Waals surface area contributed by atoms with Gasteiger partial charge in [-0.1, -0.05) is 54.2 Å². The Morgan fingerprint density at radius 2 is 1.72 bits per heavy atom. The van der Waals surface area contributed by atoms with Crippen LogP contribution in [-0.2, 0) is 25.3 Å². The first-order chi connectivity index (χ1) is 17.5. The van der Waals surface area contributed by atoms with E-state index < -0.39 is 4.92 Å². The highest BCUT2D eigenvalue weighted by molar-refractivity contribution is 7.98. The molecule has 0 saturated heterocycles. The smallest absolute Gasteiger partial charge is 0.269 e. The predicted molar refractivity (Wildman–Crippen MR) is 137 cm³/mol. The molecule has 0 bridgehead atoms. The summed E-state index contributed by atoms with van der Waals surface area (Å²) in [6.45, 7) is 0.873. The van der Waals surface area contributed by atoms with E-state index in [4.69, 9.17) is 4.74 Å². The zero-order valence-corrected chi connectivity index (χ0v) is 20.5. The van der Waals surface area contributed by atoms with Crippen LogP contribution >= 0.6 is 11.8 Å². The van der Waals surface area contributed by atoms with E-state index in [-0.39, 0.29) is 18.1 Å². The van der Waals surface area contributed by atoms with Gasteiger partial charge in [0.25, 0.3) is 11.6 Å². The molecular formula is C26H25N5O4S. The number of carbonyl (C=O) groups excluding carboxylic acids is 1. The topological polar surface area (TPSA) is 112 Å². The minimum Gasteiger partial charge on any atom is -0.497 e. The highest BCUT2D eigenvalue weighted by Crippen LogP contribution is 2.24. The summed E-state index contributed by atoms with van der Waals surface area (Å²) in [5.41, 5.74) is 2.71. The second kappa shape index (κ2) is 12.0. The van der Waals surface area contributed by atoms with Crippen molar-refractivity contribution < 1.29 is 14.5 Å². The van der Waals surface area contributed by atoms with E-state index in [0.717, 1.165) is 17.1 Å². The zero-order valence-electron chi connectivity index (χ0n) is 19.7. The van der Waals surface area contributed by atoms with Gasteiger partial charge >= 0.3 is 0 Å². The number of amides is 1. The number of benzene rings is 3. The molecule has 10 heteroatoms. The summed E-state index contributed by atoms with van der Waals surface area (Å²) >= 11 is 1.50. The molecule has 1 heterocycles. The Morgan fingerprint density at radius 3 is 2.39 bits per heavy atom. The van der Waals surface area contributed by atoms with Crippen LogP contribution in [0.3, 0.4) is 0 Å². The lowest BCUT2D eigenvalue weighted by Gasteiger charge is -2.11. The van der Waals surface area contributed by atoms with Crippen molar-refractivity contribution in [2.24, 2.45) is 0 Å². The lowest BCUT2D eigenvalue weighted by Crippen LogP contribution is -2.25. The Bertz CT molecular complexity index is 1310. The number of aryl methyl sites for hydroxylation is 1. The molecule has 3 aromatic carbocycles. The minimum atomic E-state index is -0.413. The van der Waals surface area contributed by atoms with Crippen LogP contribution in [0.1, 0.15) is 27.3 Å². The van der Waals surface area contributed by atoms with Gasteiger partial charge < -0.3 is 14.6 Å². The van der Waals surface area contributed by atoms with E-state index in [1.165, 1.54) is 29.5 Å². The second-order valence-electron chi connectivity index (χ2n) is 7.91. The fourth-order valence-corrected chi connectivity index (χ4v) is 4.47. The number of aromatic nitrogens is 3. The quantitative estimate of drug-likeness (QED) is 0.180. The van der Waals surface area contributed by atoms with Crippen molar-refractivity contribution >= 4 is 23.4 Å². The molecule has 0 radical (unpaired) electrons. The van der Waals surface area contributed by atoms with E-state index in [1.54, 1.807) is 43.5 Å². The molecule has 9 nitrogen and oxygen atoms in total. The molecule has 0 unspecified atom stereocenters. The van der Waals surface area contributed by atoms with Crippen LogP contribution in [0.15, 0.2) is 84.0 Å². The Balaban J connectivity index is 1.46. The van der Waals surface area contributed by atoms with Crippen molar-refractivity contribution in [3.05, 3.63) is 111 Å². The number of hydrogen-bond acceptors (Lipinski definition) is 7. The second-order valence-corrected chi connectivity index (χ2v) is 8.85. The van der Waals surface area contributed by atoms with Crippen molar-refractivity contribution in [2.45, 2.75) is 30.4 Å². The van der Waals surface area contributed by atoms with Crippen molar-refractivity contribution in [3.63, 3.8) is 0 Å². The third kappa shape index (κ3) is 6.48. The molecule has 4 aromatic rings. The Labute approximate surface area is 212 Å². The van der Waals surface area contributed by atoms with Crippen molar-refractivity contribution in [1.82, 2.24) is 20.1 Å². The van der Waals surface area contributed by atoms with Crippen LogP contribution in [0, 0.1) is 10.1 Å². The molecule has 0 aliphatic heterocycles. The maximum atomic E-state index is 12.6. The number of hydrogen-bond donors (Lipinski definition) is 1. The van der Waals surface area contributed by atoms with Gasteiger partial charge in [0.2, 0.25) is 0 Å². The normalized spacial score (nSPS) is 10.7. The Kier molecular flexibility index (Phi) is 8.30. The molecule has 0 aliphatic carbocycles. The predicted octanol–water partition coefficient (Wildman–Crippen LogP) is 4.66. The maximum absolute atomic E-state index is 12.6. The zero-order chi connectivity index (χ0) is 25.3. The summed E-state index contributed by atoms with van der Waals surface area (Å²) in [6.07, 6.45) is 0.781. The lowest BCUT2D eigenvalue weighted by molar-refractivity contribution is -0.384. The molecule has 184 valence electrons. The van der Waals surface area contributed by atoms with E-state index in [9.17, 15) is 14.9 Å². The fourth-order valence-electron chi connectivity index (χ4n) is 3.53. The van der Waals surface area contributed by atoms with E-state index in [1.807, 2.05) is 22.8 Å². The number of non-ortho nitro benzene ring substituents is 1. The molecule has 0 spiro atoms. The third-order valence-corrected chi connectivity index (χ3v) is 6.57. The number of methoxy groups -OCH3 is 1. The van der Waals surface area contributed by atoms with Gasteiger partial charge in [0.1, 0.15) is 5.75 Å². The summed E-state index contributed by atoms with van der Waals surface area (Å²) in [4.78, 5) is 23.1. The van der Waals surface area contributed by atoms with Gasteiger partial charge in [-0.25, -0.2) is 0 Å². The van der Waals surface area contributed by atoms with Crippen LogP contribution in [0.4, 0.5) is 5.69 Å². The molecule has 0 atom stereocenters. The number of nitrogens with one attached hydrogen (secondary N) is 1. The highest BCUT2D eigenvalue weighted by Gasteiger charge is 2.15. The Morgan fingerprint density at radius 1 is 1.00 bits per heavy atom. The van der Waals surface area contributed by atoms with Gasteiger partial charge in [0.15, 0.2) is 11.0 Å². The van der Waals surface area contributed by atoms with E-state index in [0.29, 0.717) is 29.4 Å². The summed E-state index contributed by atoms with van der Waals surface area (Å²) in [6, 6.07) is 23.5. The van der Waals surface area contributed by atoms with Crippen LogP contribution in [0.25, 0.3) is 0 Å². The molecule has 0 saturated carbocycles. The first-order valence-corrected chi connectivity index (χ1v) is 12.3. The highest BCUT2D eigenvalue weighted by atomic mass is 32.2. The molecule has 0 fully saturated rings. The monoisotopic (exact) mass is 503 g/mol. The van der Waals surface area contributed by atoms with Gasteiger partial charge in [0.05, 0.1) is 18.6 Å². The molecular weight excluding hydrogens is 478 g/mol. The average molecular weight is 504 g/mol. The van der Waals surface area contributed by atoms with Crippen LogP contribution in [-0.4, -0.2) is 32.7 Å². The van der Waals surface area contributed by atoms with Crippen molar-refractivity contribution in [1.29, 1.82) is 0 Å². The summed E-state index contributed by atoms with van der Waals surface area (Å²) in [7, 11) is 1.58. The molecule has 1 amide bonds. The van der Waals surface area contributed by atoms with E-state index >= 15 is 0 Å². The number of thioether (sulfide) groups is 1. The lowest BCUT2D eigenvalue weighted by atomic mass is 10.1. The Hall–Kier alpha value is -4.18. The molecule has 4 rings (SSSR count). The number of nitro benzene ring substituents is 1. The van der Waals surface area contributed by atoms with Gasteiger partial charge in [-0.15, -0.1) is 10.2 Å². The van der Waals surface area contributed by atoms with Crippen LogP contribution < -0.4 is 10.1 Å². The molecule has 36 heavy (non-hydrogen) atoms. The number of nitro groups is 1. The third-order valence-electron chi connectivity index (χ3n) is 5.53. The van der Waals surface area contributed by atoms with Crippen LogP contribution in [0.2, 0.25) is 0 Å². The minimum absolute atomic E-state index is 0.0599. The van der Waals surface area contributed by atoms with Crippen molar-refractivity contribution in [3.8, 4) is 5.75 Å². The summed E-state index contributed by atoms with van der Waals surface area (Å²) in [5, 5.41) is 23.2. The van der Waals surface area contributed by atoms with E-state index in [2.05, 4.69) is 27.6 Å². The van der Waals surface area contributed by atoms with Gasteiger partial charge in [-0.3, -0.25) is 14.9 Å². The number of nitrogens with zero attached hydrogens (tertiary/aromatic N) is 4. The maximum Gasteiger partial charge on any atom is 0.269 e. The molecule has 0 aliphatic rings. The summed E-state index contributed by atoms with van der Waals surface area (Å²) in [5.74, 6) is 1.70. The van der Waals surface area contributed by atoms with Gasteiger partial charge in [0, 0.05) is 30.0 Å². The number of rotatable bonds is 11.